The van der Waals surface area contributed by atoms with E-state index in [0.717, 1.165) is 16.8 Å². The summed E-state index contributed by atoms with van der Waals surface area (Å²) in [5, 5.41) is 4.99. The molecule has 2 aromatic heterocycles. The maximum atomic E-state index is 12.5. The van der Waals surface area contributed by atoms with Crippen molar-refractivity contribution in [3.8, 4) is 11.3 Å². The van der Waals surface area contributed by atoms with E-state index in [-0.39, 0.29) is 22.2 Å². The van der Waals surface area contributed by atoms with Gasteiger partial charge in [-0.05, 0) is 31.2 Å². The Hall–Kier alpha value is -3.23. The van der Waals surface area contributed by atoms with Crippen molar-refractivity contribution >= 4 is 32.2 Å². The Labute approximate surface area is 178 Å². The monoisotopic (exact) mass is 438 g/mol. The number of hydrogen-bond donors (Lipinski definition) is 1. The second kappa shape index (κ2) is 8.25. The minimum absolute atomic E-state index is 0.0281. The third-order valence-electron chi connectivity index (χ3n) is 4.39. The lowest BCUT2D eigenvalue weighted by Gasteiger charge is -2.02. The van der Waals surface area contributed by atoms with Gasteiger partial charge >= 0.3 is 0 Å². The molecule has 30 heavy (non-hydrogen) atoms. The van der Waals surface area contributed by atoms with E-state index in [1.807, 2.05) is 36.6 Å². The number of hydrogen-bond acceptors (Lipinski definition) is 6. The van der Waals surface area contributed by atoms with E-state index in [1.54, 1.807) is 18.2 Å². The molecular formula is C22H18N2O4S2. The highest BCUT2D eigenvalue weighted by Crippen LogP contribution is 2.26. The molecule has 8 heteroatoms. The zero-order chi connectivity index (χ0) is 21.1. The SMILES string of the molecule is Cc1ccc(-c2csc(NC(=O)c3ccc(CS(=O)(=O)c4ccccc4)o3)n2)cc1. The highest BCUT2D eigenvalue weighted by molar-refractivity contribution is 7.90. The van der Waals surface area contributed by atoms with Crippen molar-refractivity contribution in [2.75, 3.05) is 5.32 Å². The van der Waals surface area contributed by atoms with Crippen LogP contribution < -0.4 is 5.32 Å². The first-order chi connectivity index (χ1) is 14.4. The number of carbonyl (C=O) groups excluding carboxylic acids is 1. The van der Waals surface area contributed by atoms with Crippen molar-refractivity contribution in [1.82, 2.24) is 4.98 Å². The predicted molar refractivity (Wildman–Crippen MR) is 116 cm³/mol. The zero-order valence-corrected chi connectivity index (χ0v) is 17.7. The standard InChI is InChI=1S/C22H18N2O4S2/c1-15-7-9-16(10-8-15)19-13-29-22(23-19)24-21(25)20-12-11-17(28-20)14-30(26,27)18-5-3-2-4-6-18/h2-13H,14H2,1H3,(H,23,24,25). The number of amides is 1. The molecule has 1 amide bonds. The van der Waals surface area contributed by atoms with Crippen molar-refractivity contribution < 1.29 is 17.6 Å². The molecule has 0 aliphatic carbocycles. The number of anilines is 1. The molecule has 0 saturated carbocycles. The van der Waals surface area contributed by atoms with E-state index in [0.29, 0.717) is 5.13 Å². The summed E-state index contributed by atoms with van der Waals surface area (Å²) in [6.07, 6.45) is 0. The molecule has 0 unspecified atom stereocenters. The molecule has 1 N–H and O–H groups in total. The van der Waals surface area contributed by atoms with Gasteiger partial charge < -0.3 is 4.42 Å². The van der Waals surface area contributed by atoms with E-state index in [2.05, 4.69) is 10.3 Å². The maximum absolute atomic E-state index is 12.5. The first-order valence-corrected chi connectivity index (χ1v) is 11.6. The Morgan fingerprint density at radius 3 is 2.50 bits per heavy atom. The largest absolute Gasteiger partial charge is 0.455 e. The van der Waals surface area contributed by atoms with Crippen molar-refractivity contribution in [2.24, 2.45) is 0 Å². The van der Waals surface area contributed by atoms with Gasteiger partial charge in [0.15, 0.2) is 20.7 Å². The quantitative estimate of drug-likeness (QED) is 0.461. The maximum Gasteiger partial charge on any atom is 0.293 e. The molecule has 4 rings (SSSR count). The second-order valence-electron chi connectivity index (χ2n) is 6.70. The van der Waals surface area contributed by atoms with Crippen LogP contribution in [-0.2, 0) is 15.6 Å². The number of thiazole rings is 1. The normalized spacial score (nSPS) is 11.4. The van der Waals surface area contributed by atoms with Gasteiger partial charge in [-0.25, -0.2) is 13.4 Å². The van der Waals surface area contributed by atoms with Crippen molar-refractivity contribution in [3.05, 3.63) is 89.2 Å². The van der Waals surface area contributed by atoms with Gasteiger partial charge in [-0.2, -0.15) is 0 Å². The van der Waals surface area contributed by atoms with Crippen LogP contribution in [0, 0.1) is 6.92 Å². The molecule has 0 aliphatic heterocycles. The number of sulfone groups is 1. The summed E-state index contributed by atoms with van der Waals surface area (Å²) in [7, 11) is -3.55. The smallest absolute Gasteiger partial charge is 0.293 e. The Balaban J connectivity index is 1.44. The van der Waals surface area contributed by atoms with Gasteiger partial charge in [0, 0.05) is 10.9 Å². The summed E-state index contributed by atoms with van der Waals surface area (Å²) < 4.78 is 30.4. The molecule has 0 spiro atoms. The Kier molecular flexibility index (Phi) is 5.52. The third-order valence-corrected chi connectivity index (χ3v) is 6.80. The highest BCUT2D eigenvalue weighted by Gasteiger charge is 2.19. The first-order valence-electron chi connectivity index (χ1n) is 9.11. The average molecular weight is 439 g/mol. The molecule has 0 radical (unpaired) electrons. The second-order valence-corrected chi connectivity index (χ2v) is 9.54. The number of nitrogens with one attached hydrogen (secondary N) is 1. The molecule has 2 heterocycles. The van der Waals surface area contributed by atoms with Crippen LogP contribution in [0.25, 0.3) is 11.3 Å². The topological polar surface area (TPSA) is 89.3 Å². The third kappa shape index (κ3) is 4.50. The number of rotatable bonds is 6. The molecule has 0 aliphatic rings. The van der Waals surface area contributed by atoms with Crippen LogP contribution in [0.4, 0.5) is 5.13 Å². The van der Waals surface area contributed by atoms with Crippen molar-refractivity contribution in [1.29, 1.82) is 0 Å². The fourth-order valence-electron chi connectivity index (χ4n) is 2.82. The molecule has 2 aromatic carbocycles. The van der Waals surface area contributed by atoms with Gasteiger partial charge in [0.25, 0.3) is 5.91 Å². The Morgan fingerprint density at radius 1 is 1.03 bits per heavy atom. The van der Waals surface area contributed by atoms with Crippen LogP contribution in [0.3, 0.4) is 0 Å². The summed E-state index contributed by atoms with van der Waals surface area (Å²) in [6.45, 7) is 2.01. The summed E-state index contributed by atoms with van der Waals surface area (Å²) in [5.41, 5.74) is 2.89. The molecule has 4 aromatic rings. The summed E-state index contributed by atoms with van der Waals surface area (Å²) in [5.74, 6) is -0.578. The van der Waals surface area contributed by atoms with Gasteiger partial charge in [-0.15, -0.1) is 11.3 Å². The molecule has 0 saturated heterocycles. The molecular weight excluding hydrogens is 420 g/mol. The zero-order valence-electron chi connectivity index (χ0n) is 16.0. The van der Waals surface area contributed by atoms with Crippen molar-refractivity contribution in [3.63, 3.8) is 0 Å². The molecule has 0 atom stereocenters. The fraction of sp³-hybridized carbons (Fsp3) is 0.0909. The number of furan rings is 1. The minimum Gasteiger partial charge on any atom is -0.455 e. The average Bonchev–Trinajstić information content (AvgIpc) is 3.39. The van der Waals surface area contributed by atoms with Crippen LogP contribution in [0.5, 0.6) is 0 Å². The molecule has 0 bridgehead atoms. The summed E-state index contributed by atoms with van der Waals surface area (Å²) in [6, 6.07) is 19.0. The molecule has 0 fully saturated rings. The number of aryl methyl sites for hydroxylation is 1. The highest BCUT2D eigenvalue weighted by atomic mass is 32.2. The van der Waals surface area contributed by atoms with E-state index in [4.69, 9.17) is 4.42 Å². The molecule has 6 nitrogen and oxygen atoms in total. The Morgan fingerprint density at radius 2 is 1.77 bits per heavy atom. The first kappa shape index (κ1) is 20.1. The minimum atomic E-state index is -3.55. The van der Waals surface area contributed by atoms with Gasteiger partial charge in [0.2, 0.25) is 0 Å². The van der Waals surface area contributed by atoms with Gasteiger partial charge in [-0.1, -0.05) is 48.0 Å². The number of benzene rings is 2. The summed E-state index contributed by atoms with van der Waals surface area (Å²) >= 11 is 1.31. The van der Waals surface area contributed by atoms with Crippen LogP contribution in [0.2, 0.25) is 0 Å². The fourth-order valence-corrected chi connectivity index (χ4v) is 4.81. The predicted octanol–water partition coefficient (Wildman–Crippen LogP) is 4.94. The van der Waals surface area contributed by atoms with Crippen molar-refractivity contribution in [2.45, 2.75) is 17.6 Å². The number of carbonyl (C=O) groups is 1. The van der Waals surface area contributed by atoms with E-state index >= 15 is 0 Å². The van der Waals surface area contributed by atoms with E-state index < -0.39 is 15.7 Å². The number of nitrogens with zero attached hydrogens (tertiary/aromatic N) is 1. The lowest BCUT2D eigenvalue weighted by atomic mass is 10.1. The number of aromatic nitrogens is 1. The summed E-state index contributed by atoms with van der Waals surface area (Å²) in [4.78, 5) is 17.1. The van der Waals surface area contributed by atoms with Crippen LogP contribution in [0.1, 0.15) is 21.9 Å². The van der Waals surface area contributed by atoms with Gasteiger partial charge in [-0.3, -0.25) is 10.1 Å². The Bertz CT molecular complexity index is 1270. The van der Waals surface area contributed by atoms with Crippen LogP contribution in [0.15, 0.2) is 81.4 Å². The van der Waals surface area contributed by atoms with E-state index in [9.17, 15) is 13.2 Å². The van der Waals surface area contributed by atoms with Gasteiger partial charge in [0.1, 0.15) is 11.5 Å². The molecule has 152 valence electrons. The van der Waals surface area contributed by atoms with Crippen LogP contribution >= 0.6 is 11.3 Å². The van der Waals surface area contributed by atoms with Gasteiger partial charge in [0.05, 0.1) is 10.6 Å². The lowest BCUT2D eigenvalue weighted by Crippen LogP contribution is -2.10. The lowest BCUT2D eigenvalue weighted by molar-refractivity contribution is 0.0995. The van der Waals surface area contributed by atoms with E-state index in [1.165, 1.54) is 35.6 Å². The van der Waals surface area contributed by atoms with Crippen LogP contribution in [-0.4, -0.2) is 19.3 Å².